The van der Waals surface area contributed by atoms with Crippen molar-refractivity contribution in [1.29, 1.82) is 5.26 Å². The van der Waals surface area contributed by atoms with E-state index in [-0.39, 0.29) is 17.5 Å². The monoisotopic (exact) mass is 267 g/mol. The molecule has 2 N–H and O–H groups in total. The summed E-state index contributed by atoms with van der Waals surface area (Å²) in [5.74, 6) is -0.314. The number of nitriles is 1. The lowest BCUT2D eigenvalue weighted by atomic mass is 10.3. The predicted molar refractivity (Wildman–Crippen MR) is 69.4 cm³/mol. The van der Waals surface area contributed by atoms with Crippen LogP contribution >= 0.6 is 11.8 Å². The number of halogens is 1. The first-order valence-electron chi connectivity index (χ1n) is 5.33. The number of nitrogens with zero attached hydrogens (tertiary/aromatic N) is 2. The van der Waals surface area contributed by atoms with Crippen LogP contribution in [-0.4, -0.2) is 30.2 Å². The van der Waals surface area contributed by atoms with E-state index in [1.54, 1.807) is 7.05 Å². The number of carbonyl (C=O) groups excluding carboxylic acids is 1. The van der Waals surface area contributed by atoms with Gasteiger partial charge >= 0.3 is 0 Å². The molecule has 0 atom stereocenters. The molecule has 1 aromatic carbocycles. The number of hydrogen-bond acceptors (Lipinski definition) is 4. The van der Waals surface area contributed by atoms with Crippen LogP contribution in [0.3, 0.4) is 0 Å². The summed E-state index contributed by atoms with van der Waals surface area (Å²) in [6, 6.07) is 6.03. The van der Waals surface area contributed by atoms with Gasteiger partial charge in [0.1, 0.15) is 5.82 Å². The van der Waals surface area contributed by atoms with Gasteiger partial charge in [-0.1, -0.05) is 0 Å². The summed E-state index contributed by atoms with van der Waals surface area (Å²) in [7, 11) is 1.63. The van der Waals surface area contributed by atoms with Crippen molar-refractivity contribution in [2.24, 2.45) is 0 Å². The third-order valence-corrected chi connectivity index (χ3v) is 3.37. The molecule has 0 aliphatic carbocycles. The third kappa shape index (κ3) is 4.26. The zero-order chi connectivity index (χ0) is 13.5. The Balaban J connectivity index is 2.52. The summed E-state index contributed by atoms with van der Waals surface area (Å²) in [5, 5.41) is 8.42. The van der Waals surface area contributed by atoms with E-state index in [4.69, 9.17) is 11.0 Å². The smallest absolute Gasteiger partial charge is 0.232 e. The highest BCUT2D eigenvalue weighted by Gasteiger charge is 2.10. The number of carbonyl (C=O) groups is 1. The molecule has 0 bridgehead atoms. The zero-order valence-corrected chi connectivity index (χ0v) is 10.8. The maximum atomic E-state index is 13.0. The number of anilines is 1. The standard InChI is InChI=1S/C12H14FN3OS/c1-16(6-2-5-14)12(17)8-18-11-7-9(13)3-4-10(11)15/h3-4,7H,2,6,8,15H2,1H3. The molecular formula is C12H14FN3OS. The second-order valence-electron chi connectivity index (χ2n) is 3.69. The van der Waals surface area contributed by atoms with Crippen LogP contribution in [0, 0.1) is 17.1 Å². The van der Waals surface area contributed by atoms with Gasteiger partial charge in [-0.3, -0.25) is 4.79 Å². The Morgan fingerprint density at radius 3 is 3.00 bits per heavy atom. The van der Waals surface area contributed by atoms with Crippen molar-refractivity contribution in [3.05, 3.63) is 24.0 Å². The van der Waals surface area contributed by atoms with Crippen molar-refractivity contribution in [3.8, 4) is 6.07 Å². The van der Waals surface area contributed by atoms with Crippen molar-refractivity contribution >= 4 is 23.4 Å². The minimum Gasteiger partial charge on any atom is -0.398 e. The molecule has 0 saturated carbocycles. The minimum absolute atomic E-state index is 0.112. The van der Waals surface area contributed by atoms with E-state index >= 15 is 0 Å². The minimum atomic E-state index is -0.378. The van der Waals surface area contributed by atoms with E-state index in [1.165, 1.54) is 34.9 Å². The van der Waals surface area contributed by atoms with Crippen LogP contribution in [0.4, 0.5) is 10.1 Å². The van der Waals surface area contributed by atoms with Crippen molar-refractivity contribution < 1.29 is 9.18 Å². The second-order valence-corrected chi connectivity index (χ2v) is 4.71. The normalized spacial score (nSPS) is 9.83. The van der Waals surface area contributed by atoms with Crippen molar-refractivity contribution in [3.63, 3.8) is 0 Å². The molecule has 1 rings (SSSR count). The highest BCUT2D eigenvalue weighted by molar-refractivity contribution is 8.00. The van der Waals surface area contributed by atoms with Gasteiger partial charge in [-0.2, -0.15) is 5.26 Å². The van der Waals surface area contributed by atoms with Crippen LogP contribution in [0.2, 0.25) is 0 Å². The quantitative estimate of drug-likeness (QED) is 0.653. The van der Waals surface area contributed by atoms with Crippen molar-refractivity contribution in [1.82, 2.24) is 4.90 Å². The summed E-state index contributed by atoms with van der Waals surface area (Å²) < 4.78 is 13.0. The maximum Gasteiger partial charge on any atom is 0.232 e. The molecule has 0 unspecified atom stereocenters. The van der Waals surface area contributed by atoms with E-state index in [2.05, 4.69) is 0 Å². The summed E-state index contributed by atoms with van der Waals surface area (Å²) >= 11 is 1.19. The maximum absolute atomic E-state index is 13.0. The first kappa shape index (κ1) is 14.3. The second kappa shape index (κ2) is 6.87. The largest absolute Gasteiger partial charge is 0.398 e. The summed E-state index contributed by atoms with van der Waals surface area (Å²) in [6.07, 6.45) is 0.301. The lowest BCUT2D eigenvalue weighted by Crippen LogP contribution is -2.29. The number of rotatable bonds is 5. The number of nitrogen functional groups attached to an aromatic ring is 1. The molecule has 0 saturated heterocycles. The Morgan fingerprint density at radius 1 is 1.61 bits per heavy atom. The van der Waals surface area contributed by atoms with E-state index < -0.39 is 0 Å². The molecule has 1 aromatic rings. The van der Waals surface area contributed by atoms with Crippen LogP contribution in [0.5, 0.6) is 0 Å². The predicted octanol–water partition coefficient (Wildman–Crippen LogP) is 1.87. The van der Waals surface area contributed by atoms with Gasteiger partial charge in [0, 0.05) is 24.2 Å². The summed E-state index contributed by atoms with van der Waals surface area (Å²) in [6.45, 7) is 0.397. The SMILES string of the molecule is CN(CCC#N)C(=O)CSc1cc(F)ccc1N. The molecule has 0 spiro atoms. The van der Waals surface area contributed by atoms with Crippen molar-refractivity contribution in [2.45, 2.75) is 11.3 Å². The van der Waals surface area contributed by atoms with E-state index in [0.29, 0.717) is 23.5 Å². The third-order valence-electron chi connectivity index (χ3n) is 2.31. The van der Waals surface area contributed by atoms with Crippen LogP contribution in [0.25, 0.3) is 0 Å². The van der Waals surface area contributed by atoms with Gasteiger partial charge < -0.3 is 10.6 Å². The first-order chi connectivity index (χ1) is 8.54. The summed E-state index contributed by atoms with van der Waals surface area (Å²) in [4.78, 5) is 13.7. The van der Waals surface area contributed by atoms with Gasteiger partial charge in [0.2, 0.25) is 5.91 Å². The van der Waals surface area contributed by atoms with Gasteiger partial charge in [-0.05, 0) is 18.2 Å². The zero-order valence-electron chi connectivity index (χ0n) is 10.0. The molecule has 0 aromatic heterocycles. The number of amides is 1. The molecule has 0 aliphatic heterocycles. The lowest BCUT2D eigenvalue weighted by molar-refractivity contribution is -0.127. The van der Waals surface area contributed by atoms with E-state index in [9.17, 15) is 9.18 Å². The Labute approximate surface area is 110 Å². The average Bonchev–Trinajstić information content (AvgIpc) is 2.36. The number of benzene rings is 1. The molecule has 4 nitrogen and oxygen atoms in total. The van der Waals surface area contributed by atoms with Gasteiger partial charge in [0.05, 0.1) is 18.2 Å². The molecule has 0 radical (unpaired) electrons. The van der Waals surface area contributed by atoms with Crippen LogP contribution < -0.4 is 5.73 Å². The summed E-state index contributed by atoms with van der Waals surface area (Å²) in [5.41, 5.74) is 6.13. The van der Waals surface area contributed by atoms with Crippen LogP contribution in [0.1, 0.15) is 6.42 Å². The Hall–Kier alpha value is -1.74. The van der Waals surface area contributed by atoms with Gasteiger partial charge in [0.25, 0.3) is 0 Å². The van der Waals surface area contributed by atoms with E-state index in [1.807, 2.05) is 6.07 Å². The number of hydrogen-bond donors (Lipinski definition) is 1. The Bertz CT molecular complexity index is 473. The molecule has 6 heteroatoms. The van der Waals surface area contributed by atoms with Gasteiger partial charge in [0.15, 0.2) is 0 Å². The fourth-order valence-corrected chi connectivity index (χ4v) is 2.16. The topological polar surface area (TPSA) is 70.1 Å². The highest BCUT2D eigenvalue weighted by atomic mass is 32.2. The van der Waals surface area contributed by atoms with Crippen LogP contribution in [-0.2, 0) is 4.79 Å². The molecule has 0 fully saturated rings. The van der Waals surface area contributed by atoms with Crippen LogP contribution in [0.15, 0.2) is 23.1 Å². The molecule has 0 aliphatic rings. The molecule has 0 heterocycles. The molecule has 18 heavy (non-hydrogen) atoms. The first-order valence-corrected chi connectivity index (χ1v) is 6.32. The van der Waals surface area contributed by atoms with Gasteiger partial charge in [-0.15, -0.1) is 11.8 Å². The van der Waals surface area contributed by atoms with Gasteiger partial charge in [-0.25, -0.2) is 4.39 Å². The molecule has 1 amide bonds. The van der Waals surface area contributed by atoms with E-state index in [0.717, 1.165) is 0 Å². The highest BCUT2D eigenvalue weighted by Crippen LogP contribution is 2.25. The Morgan fingerprint density at radius 2 is 2.33 bits per heavy atom. The Kier molecular flexibility index (Phi) is 5.46. The van der Waals surface area contributed by atoms with Crippen molar-refractivity contribution in [2.75, 3.05) is 25.1 Å². The lowest BCUT2D eigenvalue weighted by Gasteiger charge is -2.15. The average molecular weight is 267 g/mol. The molecular weight excluding hydrogens is 253 g/mol. The fourth-order valence-electron chi connectivity index (χ4n) is 1.23. The fraction of sp³-hybridized carbons (Fsp3) is 0.333. The number of nitrogens with two attached hydrogens (primary N) is 1. The number of thioether (sulfide) groups is 1. The molecule has 96 valence electrons.